The standard InChI is InChI=1S/C20H23FN2O2/c1-13-8-9-14(10-17(13)21)12-22-18(24)15-6-5-7-16(11-15)23-19(25)20(2,3)4/h5-11H,12H2,1-4H3,(H,22,24)(H,23,25). The van der Waals surface area contributed by atoms with Crippen molar-refractivity contribution in [3.63, 3.8) is 0 Å². The van der Waals surface area contributed by atoms with Crippen LogP contribution in [0.5, 0.6) is 0 Å². The van der Waals surface area contributed by atoms with Crippen LogP contribution in [0.4, 0.5) is 10.1 Å². The Kier molecular flexibility index (Phi) is 5.57. The predicted molar refractivity (Wildman–Crippen MR) is 96.8 cm³/mol. The molecule has 0 heterocycles. The van der Waals surface area contributed by atoms with Crippen LogP contribution >= 0.6 is 0 Å². The number of aryl methyl sites for hydroxylation is 1. The van der Waals surface area contributed by atoms with Gasteiger partial charge in [0.25, 0.3) is 5.91 Å². The van der Waals surface area contributed by atoms with Crippen LogP contribution in [0.1, 0.15) is 42.3 Å². The number of hydrogen-bond acceptors (Lipinski definition) is 2. The SMILES string of the molecule is Cc1ccc(CNC(=O)c2cccc(NC(=O)C(C)(C)C)c2)cc1F. The van der Waals surface area contributed by atoms with Crippen LogP contribution in [0.15, 0.2) is 42.5 Å². The van der Waals surface area contributed by atoms with Gasteiger partial charge < -0.3 is 10.6 Å². The van der Waals surface area contributed by atoms with Gasteiger partial charge in [0.05, 0.1) is 0 Å². The van der Waals surface area contributed by atoms with E-state index in [1.54, 1.807) is 43.3 Å². The minimum Gasteiger partial charge on any atom is -0.348 e. The average Bonchev–Trinajstić information content (AvgIpc) is 2.55. The molecule has 0 aliphatic heterocycles. The summed E-state index contributed by atoms with van der Waals surface area (Å²) in [4.78, 5) is 24.3. The van der Waals surface area contributed by atoms with Gasteiger partial charge in [-0.3, -0.25) is 9.59 Å². The van der Waals surface area contributed by atoms with E-state index in [2.05, 4.69) is 10.6 Å². The lowest BCUT2D eigenvalue weighted by Gasteiger charge is -2.18. The van der Waals surface area contributed by atoms with E-state index >= 15 is 0 Å². The maximum absolute atomic E-state index is 13.5. The van der Waals surface area contributed by atoms with Gasteiger partial charge in [-0.1, -0.05) is 39.0 Å². The molecule has 2 rings (SSSR count). The van der Waals surface area contributed by atoms with E-state index in [-0.39, 0.29) is 24.2 Å². The van der Waals surface area contributed by atoms with Crippen LogP contribution in [0, 0.1) is 18.2 Å². The Balaban J connectivity index is 2.03. The third kappa shape index (κ3) is 5.14. The van der Waals surface area contributed by atoms with Gasteiger partial charge in [-0.25, -0.2) is 4.39 Å². The second-order valence-electron chi connectivity index (χ2n) is 7.05. The zero-order valence-electron chi connectivity index (χ0n) is 14.9. The molecule has 2 aromatic carbocycles. The van der Waals surface area contributed by atoms with Crippen molar-refractivity contribution in [2.45, 2.75) is 34.2 Å². The number of carbonyl (C=O) groups is 2. The first-order chi connectivity index (χ1) is 11.7. The van der Waals surface area contributed by atoms with Crippen molar-refractivity contribution >= 4 is 17.5 Å². The molecule has 0 aliphatic rings. The zero-order valence-corrected chi connectivity index (χ0v) is 14.9. The zero-order chi connectivity index (χ0) is 18.6. The minimum atomic E-state index is -0.520. The molecule has 2 amide bonds. The van der Waals surface area contributed by atoms with E-state index < -0.39 is 5.41 Å². The van der Waals surface area contributed by atoms with Crippen molar-refractivity contribution in [3.8, 4) is 0 Å². The quantitative estimate of drug-likeness (QED) is 0.881. The van der Waals surface area contributed by atoms with E-state index in [9.17, 15) is 14.0 Å². The fourth-order valence-electron chi connectivity index (χ4n) is 2.09. The molecule has 0 aromatic heterocycles. The van der Waals surface area contributed by atoms with Crippen molar-refractivity contribution in [2.75, 3.05) is 5.32 Å². The van der Waals surface area contributed by atoms with Crippen LogP contribution in [0.2, 0.25) is 0 Å². The van der Waals surface area contributed by atoms with Crippen molar-refractivity contribution in [1.82, 2.24) is 5.32 Å². The lowest BCUT2D eigenvalue weighted by Crippen LogP contribution is -2.28. The summed E-state index contributed by atoms with van der Waals surface area (Å²) in [6.07, 6.45) is 0. The Hall–Kier alpha value is -2.69. The fourth-order valence-corrected chi connectivity index (χ4v) is 2.09. The maximum Gasteiger partial charge on any atom is 0.251 e. The molecular weight excluding hydrogens is 319 g/mol. The molecule has 25 heavy (non-hydrogen) atoms. The summed E-state index contributed by atoms with van der Waals surface area (Å²) in [5, 5.41) is 5.55. The van der Waals surface area contributed by atoms with Crippen LogP contribution < -0.4 is 10.6 Å². The Morgan fingerprint density at radius 3 is 2.44 bits per heavy atom. The summed E-state index contributed by atoms with van der Waals surface area (Å²) < 4.78 is 13.5. The van der Waals surface area contributed by atoms with E-state index in [1.807, 2.05) is 20.8 Å². The molecule has 0 fully saturated rings. The predicted octanol–water partition coefficient (Wildman–Crippen LogP) is 4.05. The average molecular weight is 342 g/mol. The first-order valence-electron chi connectivity index (χ1n) is 8.11. The number of nitrogens with one attached hydrogen (secondary N) is 2. The Labute approximate surface area is 147 Å². The molecule has 0 bridgehead atoms. The lowest BCUT2D eigenvalue weighted by atomic mass is 9.95. The first-order valence-corrected chi connectivity index (χ1v) is 8.11. The van der Waals surface area contributed by atoms with Crippen LogP contribution in [-0.2, 0) is 11.3 Å². The topological polar surface area (TPSA) is 58.2 Å². The number of anilines is 1. The summed E-state index contributed by atoms with van der Waals surface area (Å²) in [5.74, 6) is -0.702. The highest BCUT2D eigenvalue weighted by Gasteiger charge is 2.21. The van der Waals surface area contributed by atoms with Gasteiger partial charge in [-0.2, -0.15) is 0 Å². The van der Waals surface area contributed by atoms with Gasteiger partial charge >= 0.3 is 0 Å². The molecule has 2 N–H and O–H groups in total. The molecule has 5 heteroatoms. The van der Waals surface area contributed by atoms with E-state index in [0.717, 1.165) is 0 Å². The smallest absolute Gasteiger partial charge is 0.251 e. The highest BCUT2D eigenvalue weighted by molar-refractivity contribution is 5.98. The van der Waals surface area contributed by atoms with Gasteiger partial charge in [-0.15, -0.1) is 0 Å². The van der Waals surface area contributed by atoms with Gasteiger partial charge in [-0.05, 0) is 42.3 Å². The molecule has 132 valence electrons. The molecular formula is C20H23FN2O2. The van der Waals surface area contributed by atoms with Gasteiger partial charge in [0.15, 0.2) is 0 Å². The third-order valence-electron chi connectivity index (χ3n) is 3.75. The van der Waals surface area contributed by atoms with Crippen molar-refractivity contribution in [1.29, 1.82) is 0 Å². The number of rotatable bonds is 4. The first kappa shape index (κ1) is 18.6. The summed E-state index contributed by atoms with van der Waals surface area (Å²) >= 11 is 0. The van der Waals surface area contributed by atoms with E-state index in [0.29, 0.717) is 22.4 Å². The molecule has 0 aliphatic carbocycles. The van der Waals surface area contributed by atoms with Crippen molar-refractivity contribution < 1.29 is 14.0 Å². The normalized spacial score (nSPS) is 11.1. The highest BCUT2D eigenvalue weighted by atomic mass is 19.1. The molecule has 0 saturated carbocycles. The Bertz CT molecular complexity index is 795. The summed E-state index contributed by atoms with van der Waals surface area (Å²) in [7, 11) is 0. The minimum absolute atomic E-state index is 0.125. The second-order valence-corrected chi connectivity index (χ2v) is 7.05. The van der Waals surface area contributed by atoms with Crippen LogP contribution in [-0.4, -0.2) is 11.8 Å². The van der Waals surface area contributed by atoms with Crippen molar-refractivity contribution in [3.05, 3.63) is 65.0 Å². The molecule has 0 spiro atoms. The molecule has 2 aromatic rings. The molecule has 0 saturated heterocycles. The molecule has 0 atom stereocenters. The van der Waals surface area contributed by atoms with Crippen LogP contribution in [0.3, 0.4) is 0 Å². The van der Waals surface area contributed by atoms with Gasteiger partial charge in [0.1, 0.15) is 5.82 Å². The molecule has 4 nitrogen and oxygen atoms in total. The number of halogens is 1. The third-order valence-corrected chi connectivity index (χ3v) is 3.75. The summed E-state index contributed by atoms with van der Waals surface area (Å²) in [5.41, 5.74) is 1.73. The second kappa shape index (κ2) is 7.47. The maximum atomic E-state index is 13.5. The fraction of sp³-hybridized carbons (Fsp3) is 0.300. The van der Waals surface area contributed by atoms with Gasteiger partial charge in [0, 0.05) is 23.2 Å². The Morgan fingerprint density at radius 1 is 1.08 bits per heavy atom. The van der Waals surface area contributed by atoms with E-state index in [1.165, 1.54) is 6.07 Å². The highest BCUT2D eigenvalue weighted by Crippen LogP contribution is 2.18. The summed E-state index contributed by atoms with van der Waals surface area (Å²) in [6.45, 7) is 7.38. The monoisotopic (exact) mass is 342 g/mol. The van der Waals surface area contributed by atoms with Gasteiger partial charge in [0.2, 0.25) is 5.91 Å². The summed E-state index contributed by atoms with van der Waals surface area (Å²) in [6, 6.07) is 11.6. The number of amides is 2. The van der Waals surface area contributed by atoms with Crippen LogP contribution in [0.25, 0.3) is 0 Å². The lowest BCUT2D eigenvalue weighted by molar-refractivity contribution is -0.123. The number of benzene rings is 2. The van der Waals surface area contributed by atoms with Crippen molar-refractivity contribution in [2.24, 2.45) is 5.41 Å². The largest absolute Gasteiger partial charge is 0.348 e. The molecule has 0 unspecified atom stereocenters. The van der Waals surface area contributed by atoms with E-state index in [4.69, 9.17) is 0 Å². The number of hydrogen-bond donors (Lipinski definition) is 2. The number of carbonyl (C=O) groups excluding carboxylic acids is 2. The Morgan fingerprint density at radius 2 is 1.80 bits per heavy atom. The molecule has 0 radical (unpaired) electrons.